The molecule has 3 aliphatic rings. The van der Waals surface area contributed by atoms with Crippen molar-refractivity contribution < 1.29 is 19.2 Å². The molecule has 1 spiro atoms. The average Bonchev–Trinajstić information content (AvgIpc) is 3.21. The first-order valence-electron chi connectivity index (χ1n) is 8.85. The van der Waals surface area contributed by atoms with Crippen LogP contribution in [0.25, 0.3) is 0 Å². The van der Waals surface area contributed by atoms with E-state index < -0.39 is 35.2 Å². The summed E-state index contributed by atoms with van der Waals surface area (Å²) < 4.78 is 0. The van der Waals surface area contributed by atoms with Crippen molar-refractivity contribution in [2.24, 2.45) is 17.6 Å². The molecule has 3 aliphatic heterocycles. The van der Waals surface area contributed by atoms with Crippen LogP contribution in [0.1, 0.15) is 18.4 Å². The van der Waals surface area contributed by atoms with Gasteiger partial charge in [0.1, 0.15) is 5.54 Å². The number of likely N-dealkylation sites (tertiary alicyclic amines) is 1. The van der Waals surface area contributed by atoms with Crippen LogP contribution in [0.4, 0.5) is 5.69 Å². The maximum atomic E-state index is 13.1. The van der Waals surface area contributed by atoms with Crippen molar-refractivity contribution in [3.8, 4) is 0 Å². The topological polar surface area (TPSA) is 122 Å². The number of anilines is 1. The van der Waals surface area contributed by atoms with Gasteiger partial charge in [0.2, 0.25) is 23.6 Å². The summed E-state index contributed by atoms with van der Waals surface area (Å²) in [6.07, 6.45) is 1.82. The molecule has 0 unspecified atom stereocenters. The van der Waals surface area contributed by atoms with Crippen molar-refractivity contribution in [1.29, 1.82) is 0 Å². The summed E-state index contributed by atoms with van der Waals surface area (Å²) in [6, 6.07) is 6.61. The summed E-state index contributed by atoms with van der Waals surface area (Å²) in [5, 5.41) is 6.05. The zero-order valence-electron chi connectivity index (χ0n) is 14.6. The fraction of sp³-hybridized carbons (Fsp3) is 0.368. The van der Waals surface area contributed by atoms with Crippen LogP contribution in [0, 0.1) is 11.8 Å². The summed E-state index contributed by atoms with van der Waals surface area (Å²) in [5.41, 5.74) is 5.21. The third kappa shape index (κ3) is 2.26. The highest BCUT2D eigenvalue weighted by atomic mass is 16.2. The second kappa shape index (κ2) is 6.02. The van der Waals surface area contributed by atoms with Gasteiger partial charge < -0.3 is 11.1 Å². The first kappa shape index (κ1) is 17.4. The maximum Gasteiger partial charge on any atom is 0.250 e. The van der Waals surface area contributed by atoms with E-state index in [2.05, 4.69) is 17.2 Å². The van der Waals surface area contributed by atoms with Crippen molar-refractivity contribution in [2.75, 3.05) is 11.9 Å². The molecule has 4 rings (SSSR count). The highest BCUT2D eigenvalue weighted by Crippen LogP contribution is 2.53. The molecule has 3 heterocycles. The Kier molecular flexibility index (Phi) is 3.88. The van der Waals surface area contributed by atoms with Gasteiger partial charge in [-0.05, 0) is 12.5 Å². The molecule has 4 amide bonds. The number of fused-ring (bicyclic) bond motifs is 4. The molecule has 4 atom stereocenters. The number of rotatable bonds is 5. The minimum Gasteiger partial charge on any atom is -0.370 e. The number of benzene rings is 1. The van der Waals surface area contributed by atoms with E-state index in [-0.39, 0.29) is 31.2 Å². The number of nitrogens with two attached hydrogens (primary N) is 1. The lowest BCUT2D eigenvalue weighted by Gasteiger charge is -2.29. The van der Waals surface area contributed by atoms with Crippen molar-refractivity contribution in [1.82, 2.24) is 10.2 Å². The highest BCUT2D eigenvalue weighted by Gasteiger charge is 2.70. The standard InChI is InChI=1S/C19H20N4O4/c1-2-9-23-16(25)14-12(7-8-13(20)24)22-19(15(14)17(23)26)10-5-3-4-6-11(10)21-18(19)27/h2-6,12,14-15,22H,1,7-9H2,(H2,20,24)(H,21,27)/t12-,14+,15-,19+/m0/s1. The van der Waals surface area contributed by atoms with E-state index in [4.69, 9.17) is 5.73 Å². The van der Waals surface area contributed by atoms with Gasteiger partial charge in [0.25, 0.3) is 0 Å². The van der Waals surface area contributed by atoms with Gasteiger partial charge in [-0.1, -0.05) is 24.3 Å². The summed E-state index contributed by atoms with van der Waals surface area (Å²) in [6.45, 7) is 3.69. The summed E-state index contributed by atoms with van der Waals surface area (Å²) >= 11 is 0. The Balaban J connectivity index is 1.83. The van der Waals surface area contributed by atoms with E-state index in [1.807, 2.05) is 0 Å². The fourth-order valence-electron chi connectivity index (χ4n) is 4.67. The van der Waals surface area contributed by atoms with Gasteiger partial charge in [-0.15, -0.1) is 6.58 Å². The van der Waals surface area contributed by atoms with Crippen LogP contribution in [0.15, 0.2) is 36.9 Å². The largest absolute Gasteiger partial charge is 0.370 e. The molecule has 1 aromatic carbocycles. The quantitative estimate of drug-likeness (QED) is 0.493. The second-order valence-electron chi connectivity index (χ2n) is 7.14. The van der Waals surface area contributed by atoms with Crippen molar-refractivity contribution in [3.63, 3.8) is 0 Å². The Morgan fingerprint density at radius 1 is 1.26 bits per heavy atom. The number of hydrogen-bond acceptors (Lipinski definition) is 5. The van der Waals surface area contributed by atoms with Gasteiger partial charge in [0, 0.05) is 30.3 Å². The van der Waals surface area contributed by atoms with Crippen LogP contribution in [-0.4, -0.2) is 41.1 Å². The Bertz CT molecular complexity index is 882. The number of para-hydroxylation sites is 1. The van der Waals surface area contributed by atoms with Crippen molar-refractivity contribution in [3.05, 3.63) is 42.5 Å². The lowest BCUT2D eigenvalue weighted by molar-refractivity contribution is -0.142. The number of carbonyl (C=O) groups excluding carboxylic acids is 4. The van der Waals surface area contributed by atoms with Gasteiger partial charge in [-0.25, -0.2) is 0 Å². The molecular weight excluding hydrogens is 348 g/mol. The van der Waals surface area contributed by atoms with Crippen LogP contribution >= 0.6 is 0 Å². The molecule has 1 aromatic rings. The van der Waals surface area contributed by atoms with Crippen LogP contribution < -0.4 is 16.4 Å². The number of hydrogen-bond donors (Lipinski definition) is 3. The zero-order valence-corrected chi connectivity index (χ0v) is 14.6. The molecule has 2 saturated heterocycles. The first-order chi connectivity index (χ1) is 12.9. The molecular formula is C19H20N4O4. The second-order valence-corrected chi connectivity index (χ2v) is 7.14. The SMILES string of the molecule is C=CCN1C(=O)[C@@H]2[C@H](CCC(N)=O)N[C@@]3(C(=O)Nc4ccccc43)[C@@H]2C1=O. The molecule has 8 nitrogen and oxygen atoms in total. The maximum absolute atomic E-state index is 13.1. The Hall–Kier alpha value is -3.00. The van der Waals surface area contributed by atoms with Gasteiger partial charge >= 0.3 is 0 Å². The predicted octanol–water partition coefficient (Wildman–Crippen LogP) is -0.141. The van der Waals surface area contributed by atoms with Gasteiger partial charge in [0.15, 0.2) is 0 Å². The fourth-order valence-corrected chi connectivity index (χ4v) is 4.67. The molecule has 4 N–H and O–H groups in total. The van der Waals surface area contributed by atoms with E-state index in [9.17, 15) is 19.2 Å². The van der Waals surface area contributed by atoms with Crippen LogP contribution in [0.5, 0.6) is 0 Å². The van der Waals surface area contributed by atoms with Crippen molar-refractivity contribution in [2.45, 2.75) is 24.4 Å². The van der Waals surface area contributed by atoms with Gasteiger partial charge in [-0.2, -0.15) is 0 Å². The lowest BCUT2D eigenvalue weighted by atomic mass is 9.76. The number of imide groups is 1. The molecule has 0 radical (unpaired) electrons. The number of nitrogens with zero attached hydrogens (tertiary/aromatic N) is 1. The van der Waals surface area contributed by atoms with Gasteiger partial charge in [-0.3, -0.25) is 29.4 Å². The summed E-state index contributed by atoms with van der Waals surface area (Å²) in [4.78, 5) is 51.6. The summed E-state index contributed by atoms with van der Waals surface area (Å²) in [5.74, 6) is -3.20. The molecule has 0 aromatic heterocycles. The van der Waals surface area contributed by atoms with E-state index >= 15 is 0 Å². The number of amides is 4. The minimum atomic E-state index is -1.33. The summed E-state index contributed by atoms with van der Waals surface area (Å²) in [7, 11) is 0. The molecule has 0 saturated carbocycles. The minimum absolute atomic E-state index is 0.0587. The third-order valence-corrected chi connectivity index (χ3v) is 5.73. The van der Waals surface area contributed by atoms with E-state index in [0.717, 1.165) is 4.90 Å². The lowest BCUT2D eigenvalue weighted by Crippen LogP contribution is -2.53. The molecule has 0 bridgehead atoms. The Morgan fingerprint density at radius 3 is 2.70 bits per heavy atom. The molecule has 27 heavy (non-hydrogen) atoms. The molecule has 8 heteroatoms. The van der Waals surface area contributed by atoms with Crippen LogP contribution in [0.3, 0.4) is 0 Å². The van der Waals surface area contributed by atoms with E-state index in [0.29, 0.717) is 11.3 Å². The van der Waals surface area contributed by atoms with E-state index in [1.54, 1.807) is 24.3 Å². The number of carbonyl (C=O) groups is 4. The van der Waals surface area contributed by atoms with Crippen molar-refractivity contribution >= 4 is 29.3 Å². The van der Waals surface area contributed by atoms with E-state index in [1.165, 1.54) is 6.08 Å². The molecule has 140 valence electrons. The Labute approximate surface area is 155 Å². The molecule has 0 aliphatic carbocycles. The zero-order chi connectivity index (χ0) is 19.3. The van der Waals surface area contributed by atoms with Crippen LogP contribution in [0.2, 0.25) is 0 Å². The predicted molar refractivity (Wildman–Crippen MR) is 96.0 cm³/mol. The number of nitrogens with one attached hydrogen (secondary N) is 2. The third-order valence-electron chi connectivity index (χ3n) is 5.73. The Morgan fingerprint density at radius 2 is 2.00 bits per heavy atom. The smallest absolute Gasteiger partial charge is 0.250 e. The van der Waals surface area contributed by atoms with Crippen LogP contribution in [-0.2, 0) is 24.7 Å². The normalized spacial score (nSPS) is 31.2. The number of primary amides is 1. The first-order valence-corrected chi connectivity index (χ1v) is 8.85. The molecule has 2 fully saturated rings. The monoisotopic (exact) mass is 368 g/mol. The average molecular weight is 368 g/mol. The van der Waals surface area contributed by atoms with Gasteiger partial charge in [0.05, 0.1) is 11.8 Å². The highest BCUT2D eigenvalue weighted by molar-refractivity contribution is 6.15.